The Balaban J connectivity index is 2.00. The van der Waals surface area contributed by atoms with Crippen LogP contribution in [0.15, 0.2) is 12.5 Å². The van der Waals surface area contributed by atoms with E-state index in [1.807, 2.05) is 24.7 Å². The van der Waals surface area contributed by atoms with Crippen molar-refractivity contribution in [1.82, 2.24) is 14.5 Å². The van der Waals surface area contributed by atoms with Crippen molar-refractivity contribution in [2.24, 2.45) is 12.5 Å². The molecule has 0 bridgehead atoms. The van der Waals surface area contributed by atoms with Gasteiger partial charge in [-0.15, -0.1) is 0 Å². The highest BCUT2D eigenvalue weighted by atomic mass is 16.4. The number of hydrogen-bond donors (Lipinski definition) is 1. The number of aromatic nitrogens is 2. The zero-order valence-corrected chi connectivity index (χ0v) is 9.68. The maximum Gasteiger partial charge on any atom is 0.310 e. The maximum absolute atomic E-state index is 11.1. The van der Waals surface area contributed by atoms with E-state index in [0.717, 1.165) is 25.2 Å². The quantitative estimate of drug-likeness (QED) is 0.820. The van der Waals surface area contributed by atoms with Crippen molar-refractivity contribution < 1.29 is 9.90 Å². The number of nitrogens with zero attached hydrogens (tertiary/aromatic N) is 3. The van der Waals surface area contributed by atoms with Crippen LogP contribution in [0.5, 0.6) is 0 Å². The third-order valence-electron chi connectivity index (χ3n) is 3.37. The van der Waals surface area contributed by atoms with E-state index in [2.05, 4.69) is 9.88 Å². The summed E-state index contributed by atoms with van der Waals surface area (Å²) in [6.45, 7) is 4.06. The molecule has 0 spiro atoms. The van der Waals surface area contributed by atoms with Gasteiger partial charge >= 0.3 is 5.97 Å². The first-order valence-corrected chi connectivity index (χ1v) is 5.42. The second kappa shape index (κ2) is 3.90. The van der Waals surface area contributed by atoms with Crippen LogP contribution in [0.25, 0.3) is 0 Å². The SMILES string of the molecule is Cn1cncc1CN1CCC(C)(C(=O)O)C1. The molecule has 0 aromatic carbocycles. The standard InChI is InChI=1S/C11H17N3O2/c1-11(10(15)16)3-4-14(7-11)6-9-5-12-8-13(9)2/h5,8H,3-4,6-7H2,1-2H3,(H,15,16). The number of hydrogen-bond acceptors (Lipinski definition) is 3. The van der Waals surface area contributed by atoms with Gasteiger partial charge in [0.2, 0.25) is 0 Å². The van der Waals surface area contributed by atoms with E-state index >= 15 is 0 Å². The Morgan fingerprint density at radius 1 is 1.69 bits per heavy atom. The number of carboxylic acid groups (broad SMARTS) is 1. The number of imidazole rings is 1. The fraction of sp³-hybridized carbons (Fsp3) is 0.636. The van der Waals surface area contributed by atoms with Crippen LogP contribution in [-0.2, 0) is 18.4 Å². The molecule has 2 rings (SSSR count). The van der Waals surface area contributed by atoms with Crippen LogP contribution >= 0.6 is 0 Å². The summed E-state index contributed by atoms with van der Waals surface area (Å²) in [5, 5.41) is 9.13. The van der Waals surface area contributed by atoms with Gasteiger partial charge in [0.05, 0.1) is 17.4 Å². The molecule has 1 unspecified atom stereocenters. The Morgan fingerprint density at radius 2 is 2.44 bits per heavy atom. The average Bonchev–Trinajstić information content (AvgIpc) is 2.77. The smallest absolute Gasteiger partial charge is 0.310 e. The summed E-state index contributed by atoms with van der Waals surface area (Å²) in [4.78, 5) is 17.3. The molecular weight excluding hydrogens is 206 g/mol. The lowest BCUT2D eigenvalue weighted by atomic mass is 9.90. The molecule has 1 aromatic heterocycles. The highest BCUT2D eigenvalue weighted by Gasteiger charge is 2.40. The van der Waals surface area contributed by atoms with Gasteiger partial charge in [-0.3, -0.25) is 9.69 Å². The zero-order valence-electron chi connectivity index (χ0n) is 9.68. The Kier molecular flexibility index (Phi) is 2.71. The lowest BCUT2D eigenvalue weighted by molar-refractivity contribution is -0.147. The van der Waals surface area contributed by atoms with Crippen molar-refractivity contribution in [2.75, 3.05) is 13.1 Å². The van der Waals surface area contributed by atoms with Crippen LogP contribution in [0, 0.1) is 5.41 Å². The largest absolute Gasteiger partial charge is 0.481 e. The monoisotopic (exact) mass is 223 g/mol. The highest BCUT2D eigenvalue weighted by molar-refractivity contribution is 5.74. The molecule has 0 radical (unpaired) electrons. The van der Waals surface area contributed by atoms with Gasteiger partial charge < -0.3 is 9.67 Å². The van der Waals surface area contributed by atoms with Gasteiger partial charge in [-0.05, 0) is 19.9 Å². The minimum atomic E-state index is -0.694. The van der Waals surface area contributed by atoms with Crippen molar-refractivity contribution in [1.29, 1.82) is 0 Å². The number of rotatable bonds is 3. The van der Waals surface area contributed by atoms with Crippen LogP contribution in [0.3, 0.4) is 0 Å². The molecular formula is C11H17N3O2. The molecule has 16 heavy (non-hydrogen) atoms. The molecule has 1 aliphatic heterocycles. The van der Waals surface area contributed by atoms with Gasteiger partial charge in [-0.1, -0.05) is 0 Å². The minimum absolute atomic E-state index is 0.585. The summed E-state index contributed by atoms with van der Waals surface area (Å²) in [5.74, 6) is -0.694. The molecule has 1 fully saturated rings. The van der Waals surface area contributed by atoms with Crippen molar-refractivity contribution in [3.8, 4) is 0 Å². The van der Waals surface area contributed by atoms with Gasteiger partial charge in [-0.2, -0.15) is 0 Å². The van der Waals surface area contributed by atoms with E-state index in [-0.39, 0.29) is 0 Å². The predicted molar refractivity (Wildman–Crippen MR) is 58.8 cm³/mol. The number of carbonyl (C=O) groups is 1. The Labute approximate surface area is 94.7 Å². The normalized spacial score (nSPS) is 26.1. The second-order valence-corrected chi connectivity index (χ2v) is 4.82. The lowest BCUT2D eigenvalue weighted by Crippen LogP contribution is -2.31. The van der Waals surface area contributed by atoms with Gasteiger partial charge in [0.25, 0.3) is 0 Å². The van der Waals surface area contributed by atoms with E-state index in [0.29, 0.717) is 6.54 Å². The Morgan fingerprint density at radius 3 is 2.94 bits per heavy atom. The minimum Gasteiger partial charge on any atom is -0.481 e. The fourth-order valence-corrected chi connectivity index (χ4v) is 2.13. The van der Waals surface area contributed by atoms with Crippen LogP contribution < -0.4 is 0 Å². The molecule has 1 saturated heterocycles. The van der Waals surface area contributed by atoms with Crippen LogP contribution in [0.1, 0.15) is 19.0 Å². The maximum atomic E-state index is 11.1. The van der Waals surface area contributed by atoms with Crippen molar-refractivity contribution >= 4 is 5.97 Å². The molecule has 0 amide bonds. The van der Waals surface area contributed by atoms with E-state index in [1.54, 1.807) is 6.33 Å². The third-order valence-corrected chi connectivity index (χ3v) is 3.37. The first kappa shape index (κ1) is 11.1. The van der Waals surface area contributed by atoms with Gasteiger partial charge in [0, 0.05) is 26.3 Å². The van der Waals surface area contributed by atoms with Crippen LogP contribution in [0.2, 0.25) is 0 Å². The second-order valence-electron chi connectivity index (χ2n) is 4.82. The fourth-order valence-electron chi connectivity index (χ4n) is 2.13. The molecule has 1 N–H and O–H groups in total. The zero-order chi connectivity index (χ0) is 11.8. The molecule has 2 heterocycles. The van der Waals surface area contributed by atoms with E-state index in [1.165, 1.54) is 0 Å². The Hall–Kier alpha value is -1.36. The summed E-state index contributed by atoms with van der Waals surface area (Å²) in [6.07, 6.45) is 4.32. The van der Waals surface area contributed by atoms with Crippen LogP contribution in [0.4, 0.5) is 0 Å². The summed E-state index contributed by atoms with van der Waals surface area (Å²) in [5.41, 5.74) is 0.535. The van der Waals surface area contributed by atoms with Crippen molar-refractivity contribution in [2.45, 2.75) is 19.9 Å². The summed E-state index contributed by atoms with van der Waals surface area (Å²) < 4.78 is 1.97. The van der Waals surface area contributed by atoms with Crippen molar-refractivity contribution in [3.63, 3.8) is 0 Å². The summed E-state index contributed by atoms with van der Waals surface area (Å²) in [7, 11) is 1.95. The highest BCUT2D eigenvalue weighted by Crippen LogP contribution is 2.30. The van der Waals surface area contributed by atoms with Gasteiger partial charge in [0.15, 0.2) is 0 Å². The molecule has 1 aromatic rings. The van der Waals surface area contributed by atoms with E-state index in [4.69, 9.17) is 5.11 Å². The summed E-state index contributed by atoms with van der Waals surface area (Å²) in [6, 6.07) is 0. The molecule has 5 nitrogen and oxygen atoms in total. The molecule has 5 heteroatoms. The molecule has 0 saturated carbocycles. The number of aryl methyl sites for hydroxylation is 1. The first-order valence-electron chi connectivity index (χ1n) is 5.42. The molecule has 1 aliphatic rings. The van der Waals surface area contributed by atoms with E-state index in [9.17, 15) is 4.79 Å². The number of likely N-dealkylation sites (tertiary alicyclic amines) is 1. The van der Waals surface area contributed by atoms with E-state index < -0.39 is 11.4 Å². The van der Waals surface area contributed by atoms with Crippen LogP contribution in [-0.4, -0.2) is 38.6 Å². The topological polar surface area (TPSA) is 58.4 Å². The van der Waals surface area contributed by atoms with Gasteiger partial charge in [0.1, 0.15) is 0 Å². The number of aliphatic carboxylic acids is 1. The van der Waals surface area contributed by atoms with Crippen molar-refractivity contribution in [3.05, 3.63) is 18.2 Å². The Bertz CT molecular complexity index is 402. The molecule has 88 valence electrons. The van der Waals surface area contributed by atoms with Gasteiger partial charge in [-0.25, -0.2) is 4.98 Å². The molecule has 0 aliphatic carbocycles. The predicted octanol–water partition coefficient (Wildman–Crippen LogP) is 0.717. The lowest BCUT2D eigenvalue weighted by Gasteiger charge is -2.19. The average molecular weight is 223 g/mol. The summed E-state index contributed by atoms with van der Waals surface area (Å²) >= 11 is 0. The first-order chi connectivity index (χ1) is 7.51. The number of carboxylic acids is 1. The third kappa shape index (κ3) is 1.95. The molecule has 1 atom stereocenters.